The largest absolute Gasteiger partial charge is 0.401 e. The second-order valence-corrected chi connectivity index (χ2v) is 3.90. The van der Waals surface area contributed by atoms with Gasteiger partial charge in [0.05, 0.1) is 6.54 Å². The Balaban J connectivity index is 3.22. The van der Waals surface area contributed by atoms with Crippen molar-refractivity contribution in [3.63, 3.8) is 0 Å². The first-order valence-corrected chi connectivity index (χ1v) is 5.05. The normalized spacial score (nSPS) is 14.8. The standard InChI is InChI=1S/C7H14F3NS/c1-6(12-2)3-4-11-5-7(8,9)10/h6,11H,3-5H2,1-2H3. The number of rotatable bonds is 5. The minimum atomic E-state index is -4.08. The fraction of sp³-hybridized carbons (Fsp3) is 1.00. The van der Waals surface area contributed by atoms with E-state index < -0.39 is 12.7 Å². The van der Waals surface area contributed by atoms with Gasteiger partial charge in [-0.3, -0.25) is 0 Å². The van der Waals surface area contributed by atoms with E-state index in [0.717, 1.165) is 6.42 Å². The Morgan fingerprint density at radius 2 is 2.00 bits per heavy atom. The maximum absolute atomic E-state index is 11.6. The van der Waals surface area contributed by atoms with Crippen molar-refractivity contribution in [2.45, 2.75) is 24.8 Å². The van der Waals surface area contributed by atoms with Crippen molar-refractivity contribution < 1.29 is 13.2 Å². The van der Waals surface area contributed by atoms with E-state index in [9.17, 15) is 13.2 Å². The summed E-state index contributed by atoms with van der Waals surface area (Å²) in [5.74, 6) is 0. The van der Waals surface area contributed by atoms with Crippen LogP contribution < -0.4 is 5.32 Å². The van der Waals surface area contributed by atoms with Crippen LogP contribution in [0, 0.1) is 0 Å². The van der Waals surface area contributed by atoms with Crippen molar-refractivity contribution in [1.29, 1.82) is 0 Å². The molecule has 1 atom stereocenters. The zero-order chi connectivity index (χ0) is 9.61. The van der Waals surface area contributed by atoms with Gasteiger partial charge in [0.1, 0.15) is 0 Å². The number of nitrogens with one attached hydrogen (secondary N) is 1. The van der Waals surface area contributed by atoms with Crippen molar-refractivity contribution in [1.82, 2.24) is 5.32 Å². The summed E-state index contributed by atoms with van der Waals surface area (Å²) < 4.78 is 34.8. The third-order valence-corrected chi connectivity index (χ3v) is 2.50. The van der Waals surface area contributed by atoms with E-state index in [2.05, 4.69) is 5.32 Å². The Hall–Kier alpha value is 0.100. The average molecular weight is 201 g/mol. The first kappa shape index (κ1) is 12.1. The molecular weight excluding hydrogens is 187 g/mol. The van der Waals surface area contributed by atoms with Crippen LogP contribution in [0.4, 0.5) is 13.2 Å². The Morgan fingerprint density at radius 1 is 1.42 bits per heavy atom. The fourth-order valence-electron chi connectivity index (χ4n) is 0.653. The molecule has 0 aliphatic carbocycles. The summed E-state index contributed by atoms with van der Waals surface area (Å²) in [7, 11) is 0. The van der Waals surface area contributed by atoms with Crippen LogP contribution in [0.3, 0.4) is 0 Å². The first-order chi connectivity index (χ1) is 5.45. The molecule has 5 heteroatoms. The minimum absolute atomic E-state index is 0.422. The van der Waals surface area contributed by atoms with Gasteiger partial charge in [-0.2, -0.15) is 24.9 Å². The zero-order valence-corrected chi connectivity index (χ0v) is 8.06. The van der Waals surface area contributed by atoms with Gasteiger partial charge in [0.2, 0.25) is 0 Å². The number of hydrogen-bond acceptors (Lipinski definition) is 2. The number of thioether (sulfide) groups is 1. The summed E-state index contributed by atoms with van der Waals surface area (Å²) in [5, 5.41) is 2.77. The average Bonchev–Trinajstić information content (AvgIpc) is 1.96. The predicted molar refractivity (Wildman–Crippen MR) is 46.5 cm³/mol. The van der Waals surface area contributed by atoms with E-state index in [4.69, 9.17) is 0 Å². The summed E-state index contributed by atoms with van der Waals surface area (Å²) in [6.45, 7) is 1.55. The molecule has 0 saturated carbocycles. The van der Waals surface area contributed by atoms with Crippen molar-refractivity contribution in [2.24, 2.45) is 0 Å². The lowest BCUT2D eigenvalue weighted by Crippen LogP contribution is -2.30. The summed E-state index contributed by atoms with van der Waals surface area (Å²) in [4.78, 5) is 0. The van der Waals surface area contributed by atoms with E-state index in [1.54, 1.807) is 11.8 Å². The van der Waals surface area contributed by atoms with Crippen LogP contribution >= 0.6 is 11.8 Å². The van der Waals surface area contributed by atoms with Gasteiger partial charge < -0.3 is 5.32 Å². The summed E-state index contributed by atoms with van der Waals surface area (Å²) >= 11 is 1.66. The highest BCUT2D eigenvalue weighted by molar-refractivity contribution is 7.99. The molecule has 0 amide bonds. The van der Waals surface area contributed by atoms with E-state index in [1.165, 1.54) is 0 Å². The van der Waals surface area contributed by atoms with Gasteiger partial charge >= 0.3 is 6.18 Å². The number of hydrogen-bond donors (Lipinski definition) is 1. The third-order valence-electron chi connectivity index (χ3n) is 1.46. The molecule has 0 aromatic heterocycles. The SMILES string of the molecule is CSC(C)CCNCC(F)(F)F. The highest BCUT2D eigenvalue weighted by atomic mass is 32.2. The van der Waals surface area contributed by atoms with E-state index in [-0.39, 0.29) is 0 Å². The molecule has 0 aliphatic rings. The van der Waals surface area contributed by atoms with Gasteiger partial charge in [-0.1, -0.05) is 6.92 Å². The maximum Gasteiger partial charge on any atom is 0.401 e. The molecule has 12 heavy (non-hydrogen) atoms. The highest BCUT2D eigenvalue weighted by Crippen LogP contribution is 2.13. The van der Waals surface area contributed by atoms with E-state index >= 15 is 0 Å². The van der Waals surface area contributed by atoms with E-state index in [0.29, 0.717) is 11.8 Å². The van der Waals surface area contributed by atoms with Gasteiger partial charge in [-0.05, 0) is 19.2 Å². The van der Waals surface area contributed by atoms with Crippen LogP contribution in [0.15, 0.2) is 0 Å². The number of halogens is 3. The lowest BCUT2D eigenvalue weighted by Gasteiger charge is -2.10. The molecule has 0 heterocycles. The third kappa shape index (κ3) is 8.20. The van der Waals surface area contributed by atoms with Crippen molar-refractivity contribution in [3.8, 4) is 0 Å². The first-order valence-electron chi connectivity index (χ1n) is 3.76. The minimum Gasteiger partial charge on any atom is -0.309 e. The highest BCUT2D eigenvalue weighted by Gasteiger charge is 2.25. The van der Waals surface area contributed by atoms with Crippen LogP contribution in [0.1, 0.15) is 13.3 Å². The molecule has 0 aromatic rings. The quantitative estimate of drug-likeness (QED) is 0.685. The van der Waals surface area contributed by atoms with Gasteiger partial charge in [0, 0.05) is 5.25 Å². The molecule has 0 aliphatic heterocycles. The topological polar surface area (TPSA) is 12.0 Å². The van der Waals surface area contributed by atoms with Crippen LogP contribution in [0.25, 0.3) is 0 Å². The van der Waals surface area contributed by atoms with Crippen molar-refractivity contribution in [2.75, 3.05) is 19.3 Å². The molecule has 1 nitrogen and oxygen atoms in total. The molecule has 0 fully saturated rings. The maximum atomic E-state index is 11.6. The monoisotopic (exact) mass is 201 g/mol. The predicted octanol–water partition coefficient (Wildman–Crippen LogP) is 2.28. The number of alkyl halides is 3. The molecule has 1 unspecified atom stereocenters. The van der Waals surface area contributed by atoms with Gasteiger partial charge in [0.25, 0.3) is 0 Å². The molecule has 0 bridgehead atoms. The molecule has 0 aromatic carbocycles. The molecule has 0 saturated heterocycles. The second-order valence-electron chi connectivity index (χ2n) is 2.63. The molecule has 0 spiro atoms. The Bertz CT molecular complexity index is 116. The smallest absolute Gasteiger partial charge is 0.309 e. The molecule has 74 valence electrons. The molecular formula is C7H14F3NS. The lowest BCUT2D eigenvalue weighted by molar-refractivity contribution is -0.124. The fourth-order valence-corrected chi connectivity index (χ4v) is 1.01. The second kappa shape index (κ2) is 5.70. The Labute approximate surface area is 75.1 Å². The van der Waals surface area contributed by atoms with Gasteiger partial charge in [-0.15, -0.1) is 0 Å². The summed E-state index contributed by atoms with van der Waals surface area (Å²) in [5.41, 5.74) is 0. The summed E-state index contributed by atoms with van der Waals surface area (Å²) in [6.07, 6.45) is -1.35. The van der Waals surface area contributed by atoms with Crippen LogP contribution in [0.5, 0.6) is 0 Å². The lowest BCUT2D eigenvalue weighted by atomic mass is 10.3. The molecule has 1 N–H and O–H groups in total. The van der Waals surface area contributed by atoms with Crippen LogP contribution in [0.2, 0.25) is 0 Å². The van der Waals surface area contributed by atoms with Crippen LogP contribution in [-0.4, -0.2) is 30.8 Å². The van der Waals surface area contributed by atoms with Crippen molar-refractivity contribution in [3.05, 3.63) is 0 Å². The van der Waals surface area contributed by atoms with E-state index in [1.807, 2.05) is 13.2 Å². The van der Waals surface area contributed by atoms with Crippen molar-refractivity contribution >= 4 is 11.8 Å². The Morgan fingerprint density at radius 3 is 2.42 bits per heavy atom. The zero-order valence-electron chi connectivity index (χ0n) is 7.24. The summed E-state index contributed by atoms with van der Waals surface area (Å²) in [6, 6.07) is 0. The molecule has 0 rings (SSSR count). The van der Waals surface area contributed by atoms with Gasteiger partial charge in [-0.25, -0.2) is 0 Å². The van der Waals surface area contributed by atoms with Crippen LogP contribution in [-0.2, 0) is 0 Å². The molecule has 0 radical (unpaired) electrons. The van der Waals surface area contributed by atoms with Gasteiger partial charge in [0.15, 0.2) is 0 Å². The Kier molecular flexibility index (Phi) is 5.74.